The molecule has 0 spiro atoms. The predicted octanol–water partition coefficient (Wildman–Crippen LogP) is 1.20. The van der Waals surface area contributed by atoms with Crippen LogP contribution < -0.4 is 10.0 Å². The Bertz CT molecular complexity index is 962. The van der Waals surface area contributed by atoms with Crippen LogP contribution in [0.5, 0.6) is 0 Å². The smallest absolute Gasteiger partial charge is 0.307 e. The number of nitrogens with one attached hydrogen (secondary N) is 2. The minimum absolute atomic E-state index is 0.117. The number of ether oxygens (including phenoxy) is 1. The van der Waals surface area contributed by atoms with Crippen molar-refractivity contribution in [3.05, 3.63) is 41.3 Å². The van der Waals surface area contributed by atoms with Gasteiger partial charge < -0.3 is 14.6 Å². The molecule has 0 aliphatic heterocycles. The molecule has 0 atom stereocenters. The number of esters is 1. The standard InChI is InChI=1S/C18H24N4O5S/c1-12-5-6-15(9-13(12)2)21-16(23)11-27-18(24)7-8-19-28(25,26)17-10-22(4)14(3)20-17/h5-6,9-10,19H,7-8,11H2,1-4H3,(H,21,23). The lowest BCUT2D eigenvalue weighted by Crippen LogP contribution is -2.28. The summed E-state index contributed by atoms with van der Waals surface area (Å²) in [7, 11) is -2.12. The van der Waals surface area contributed by atoms with E-state index in [0.29, 0.717) is 11.5 Å². The van der Waals surface area contributed by atoms with E-state index in [2.05, 4.69) is 15.0 Å². The van der Waals surface area contributed by atoms with Crippen LogP contribution in [0.2, 0.25) is 0 Å². The molecule has 9 nitrogen and oxygen atoms in total. The number of rotatable bonds is 8. The second-order valence-electron chi connectivity index (χ2n) is 6.39. The van der Waals surface area contributed by atoms with E-state index in [1.807, 2.05) is 26.0 Å². The Labute approximate surface area is 164 Å². The first kappa shape index (κ1) is 21.6. The number of nitrogens with zero attached hydrogens (tertiary/aromatic N) is 2. The van der Waals surface area contributed by atoms with Gasteiger partial charge in [-0.3, -0.25) is 9.59 Å². The molecule has 2 rings (SSSR count). The summed E-state index contributed by atoms with van der Waals surface area (Å²) in [6, 6.07) is 5.46. The molecule has 1 amide bonds. The van der Waals surface area contributed by atoms with E-state index in [1.54, 1.807) is 24.6 Å². The highest BCUT2D eigenvalue weighted by atomic mass is 32.2. The molecule has 0 aliphatic carbocycles. The van der Waals surface area contributed by atoms with Crippen LogP contribution in [0.4, 0.5) is 5.69 Å². The van der Waals surface area contributed by atoms with Crippen LogP contribution in [-0.2, 0) is 31.4 Å². The molecule has 152 valence electrons. The van der Waals surface area contributed by atoms with Gasteiger partial charge in [0, 0.05) is 25.5 Å². The molecule has 0 saturated heterocycles. The topological polar surface area (TPSA) is 119 Å². The molecule has 0 saturated carbocycles. The van der Waals surface area contributed by atoms with Gasteiger partial charge in [-0.05, 0) is 44.0 Å². The van der Waals surface area contributed by atoms with E-state index in [-0.39, 0.29) is 18.0 Å². The molecule has 0 bridgehead atoms. The van der Waals surface area contributed by atoms with Crippen molar-refractivity contribution in [2.24, 2.45) is 7.05 Å². The molecule has 1 heterocycles. The lowest BCUT2D eigenvalue weighted by atomic mass is 10.1. The summed E-state index contributed by atoms with van der Waals surface area (Å²) in [5, 5.41) is 2.52. The molecule has 2 N–H and O–H groups in total. The number of amides is 1. The van der Waals surface area contributed by atoms with Crippen molar-refractivity contribution in [1.29, 1.82) is 0 Å². The first-order valence-electron chi connectivity index (χ1n) is 8.61. The van der Waals surface area contributed by atoms with Gasteiger partial charge in [-0.15, -0.1) is 0 Å². The SMILES string of the molecule is Cc1ccc(NC(=O)COC(=O)CCNS(=O)(=O)c2cn(C)c(C)n2)cc1C. The molecule has 28 heavy (non-hydrogen) atoms. The van der Waals surface area contributed by atoms with Crippen LogP contribution >= 0.6 is 0 Å². The molecule has 0 fully saturated rings. The van der Waals surface area contributed by atoms with Crippen molar-refractivity contribution in [1.82, 2.24) is 14.3 Å². The van der Waals surface area contributed by atoms with Crippen LogP contribution in [0.1, 0.15) is 23.4 Å². The van der Waals surface area contributed by atoms with E-state index in [0.717, 1.165) is 11.1 Å². The Morgan fingerprint density at radius 2 is 1.89 bits per heavy atom. The molecule has 0 aliphatic rings. The highest BCUT2D eigenvalue weighted by Crippen LogP contribution is 2.14. The van der Waals surface area contributed by atoms with Crippen molar-refractivity contribution < 1.29 is 22.7 Å². The summed E-state index contributed by atoms with van der Waals surface area (Å²) < 4.78 is 32.9. The number of imidazole rings is 1. The van der Waals surface area contributed by atoms with Gasteiger partial charge in [0.25, 0.3) is 15.9 Å². The van der Waals surface area contributed by atoms with Crippen molar-refractivity contribution in [3.8, 4) is 0 Å². The minimum atomic E-state index is -3.81. The highest BCUT2D eigenvalue weighted by molar-refractivity contribution is 7.89. The number of aryl methyl sites for hydroxylation is 4. The molecular formula is C18H24N4O5S. The Morgan fingerprint density at radius 1 is 1.18 bits per heavy atom. The molecule has 1 aromatic carbocycles. The van der Waals surface area contributed by atoms with Gasteiger partial charge in [0.1, 0.15) is 5.82 Å². The fraction of sp³-hybridized carbons (Fsp3) is 0.389. The van der Waals surface area contributed by atoms with E-state index < -0.39 is 28.5 Å². The van der Waals surface area contributed by atoms with Crippen molar-refractivity contribution in [3.63, 3.8) is 0 Å². The normalized spacial score (nSPS) is 11.3. The van der Waals surface area contributed by atoms with E-state index in [4.69, 9.17) is 4.74 Å². The fourth-order valence-electron chi connectivity index (χ4n) is 2.25. The Morgan fingerprint density at radius 3 is 2.50 bits per heavy atom. The summed E-state index contributed by atoms with van der Waals surface area (Å²) in [6.45, 7) is 4.97. The minimum Gasteiger partial charge on any atom is -0.456 e. The lowest BCUT2D eigenvalue weighted by Gasteiger charge is -2.08. The number of anilines is 1. The van der Waals surface area contributed by atoms with Gasteiger partial charge in [0.2, 0.25) is 0 Å². The molecule has 0 radical (unpaired) electrons. The largest absolute Gasteiger partial charge is 0.456 e. The zero-order valence-corrected chi connectivity index (χ0v) is 17.1. The van der Waals surface area contributed by atoms with Crippen LogP contribution in [0.25, 0.3) is 0 Å². The van der Waals surface area contributed by atoms with E-state index in [1.165, 1.54) is 6.20 Å². The highest BCUT2D eigenvalue weighted by Gasteiger charge is 2.18. The van der Waals surface area contributed by atoms with Crippen LogP contribution in [0.3, 0.4) is 0 Å². The maximum atomic E-state index is 12.1. The number of aromatic nitrogens is 2. The molecule has 1 aromatic heterocycles. The van der Waals surface area contributed by atoms with Gasteiger partial charge in [-0.25, -0.2) is 18.1 Å². The van der Waals surface area contributed by atoms with Crippen LogP contribution in [0, 0.1) is 20.8 Å². The third-order valence-corrected chi connectivity index (χ3v) is 5.47. The summed E-state index contributed by atoms with van der Waals surface area (Å²) in [5.74, 6) is -0.606. The third kappa shape index (κ3) is 5.89. The number of carbonyl (C=O) groups excluding carboxylic acids is 2. The second-order valence-corrected chi connectivity index (χ2v) is 8.11. The number of carbonyl (C=O) groups is 2. The van der Waals surface area contributed by atoms with Crippen LogP contribution in [0.15, 0.2) is 29.4 Å². The number of hydrogen-bond donors (Lipinski definition) is 2. The molecular weight excluding hydrogens is 384 g/mol. The lowest BCUT2D eigenvalue weighted by molar-refractivity contribution is -0.147. The van der Waals surface area contributed by atoms with Crippen molar-refractivity contribution in [2.45, 2.75) is 32.2 Å². The number of sulfonamides is 1. The third-order valence-electron chi connectivity index (χ3n) is 4.14. The number of benzene rings is 1. The monoisotopic (exact) mass is 408 g/mol. The van der Waals surface area contributed by atoms with Gasteiger partial charge in [0.05, 0.1) is 6.42 Å². The first-order chi connectivity index (χ1) is 13.1. The summed E-state index contributed by atoms with van der Waals surface area (Å²) >= 11 is 0. The zero-order chi connectivity index (χ0) is 20.9. The quantitative estimate of drug-likeness (QED) is 0.634. The zero-order valence-electron chi connectivity index (χ0n) is 16.3. The Balaban J connectivity index is 1.74. The average Bonchev–Trinajstić information content (AvgIpc) is 2.96. The summed E-state index contributed by atoms with van der Waals surface area (Å²) in [4.78, 5) is 27.5. The Hall–Kier alpha value is -2.72. The maximum Gasteiger partial charge on any atom is 0.307 e. The van der Waals surface area contributed by atoms with Gasteiger partial charge in [-0.1, -0.05) is 6.07 Å². The predicted molar refractivity (Wildman–Crippen MR) is 103 cm³/mol. The molecule has 10 heteroatoms. The van der Waals surface area contributed by atoms with Crippen molar-refractivity contribution in [2.75, 3.05) is 18.5 Å². The Kier molecular flexibility index (Phi) is 6.92. The maximum absolute atomic E-state index is 12.1. The fourth-order valence-corrected chi connectivity index (χ4v) is 3.32. The van der Waals surface area contributed by atoms with Crippen molar-refractivity contribution >= 4 is 27.6 Å². The van der Waals surface area contributed by atoms with Gasteiger partial charge >= 0.3 is 5.97 Å². The average molecular weight is 408 g/mol. The molecule has 0 unspecified atom stereocenters. The second kappa shape index (κ2) is 8.98. The summed E-state index contributed by atoms with van der Waals surface area (Å²) in [5.41, 5.74) is 2.75. The van der Waals surface area contributed by atoms with Gasteiger partial charge in [0.15, 0.2) is 11.6 Å². The van der Waals surface area contributed by atoms with E-state index in [9.17, 15) is 18.0 Å². The van der Waals surface area contributed by atoms with Gasteiger partial charge in [-0.2, -0.15) is 0 Å². The van der Waals surface area contributed by atoms with E-state index >= 15 is 0 Å². The summed E-state index contributed by atoms with van der Waals surface area (Å²) in [6.07, 6.45) is 1.18. The molecule has 2 aromatic rings. The number of hydrogen-bond acceptors (Lipinski definition) is 6. The van der Waals surface area contributed by atoms with Crippen LogP contribution in [-0.4, -0.2) is 43.0 Å². The first-order valence-corrected chi connectivity index (χ1v) is 10.1.